The van der Waals surface area contributed by atoms with E-state index in [9.17, 15) is 18.8 Å². The zero-order valence-electron chi connectivity index (χ0n) is 23.3. The highest BCUT2D eigenvalue weighted by Crippen LogP contribution is 2.31. The third-order valence-corrected chi connectivity index (χ3v) is 9.18. The number of pyridine rings is 2. The highest BCUT2D eigenvalue weighted by Gasteiger charge is 2.30. The predicted octanol–water partition coefficient (Wildman–Crippen LogP) is 5.17. The number of thioether (sulfide) groups is 1. The molecule has 1 aliphatic carbocycles. The maximum absolute atomic E-state index is 14.2. The molecule has 9 nitrogen and oxygen atoms in total. The predicted molar refractivity (Wildman–Crippen MR) is 160 cm³/mol. The van der Waals surface area contributed by atoms with Crippen LogP contribution < -0.4 is 21.3 Å². The number of carbonyl (C=O) groups excluding carboxylic acids is 1. The summed E-state index contributed by atoms with van der Waals surface area (Å²) in [4.78, 5) is 49.1. The maximum Gasteiger partial charge on any atom is 0.333 e. The number of nitrogens with one attached hydrogen (secondary N) is 1. The molecule has 1 amide bonds. The van der Waals surface area contributed by atoms with Crippen molar-refractivity contribution in [1.29, 1.82) is 0 Å². The van der Waals surface area contributed by atoms with Gasteiger partial charge in [-0.25, -0.2) is 19.2 Å². The summed E-state index contributed by atoms with van der Waals surface area (Å²) in [5, 5.41) is 3.21. The number of rotatable bonds is 6. The number of hydrogen-bond donors (Lipinski definition) is 1. The van der Waals surface area contributed by atoms with E-state index in [0.29, 0.717) is 37.0 Å². The Morgan fingerprint density at radius 1 is 0.976 bits per heavy atom. The molecule has 2 fully saturated rings. The average Bonchev–Trinajstić information content (AvgIpc) is 3.00. The van der Waals surface area contributed by atoms with Crippen LogP contribution in [0.4, 0.5) is 4.39 Å². The van der Waals surface area contributed by atoms with Crippen LogP contribution in [0.15, 0.2) is 64.4 Å². The average molecular weight is 590 g/mol. The largest absolute Gasteiger partial charge is 0.438 e. The topological polar surface area (TPSA) is 108 Å². The molecule has 1 saturated carbocycles. The zero-order valence-corrected chi connectivity index (χ0v) is 24.1. The number of aromatic nitrogens is 4. The van der Waals surface area contributed by atoms with E-state index in [1.54, 1.807) is 22.9 Å². The molecular formula is C31H32FN5O4S. The van der Waals surface area contributed by atoms with Crippen molar-refractivity contribution >= 4 is 28.7 Å². The third kappa shape index (κ3) is 5.70. The first kappa shape index (κ1) is 28.1. The fraction of sp³-hybridized carbons (Fsp3) is 0.387. The lowest BCUT2D eigenvalue weighted by Gasteiger charge is -2.31. The summed E-state index contributed by atoms with van der Waals surface area (Å²) in [6.45, 7) is 1.98. The van der Waals surface area contributed by atoms with Crippen molar-refractivity contribution in [1.82, 2.24) is 24.4 Å². The molecule has 0 atom stereocenters. The van der Waals surface area contributed by atoms with E-state index in [2.05, 4.69) is 15.3 Å². The Hall–Kier alpha value is -3.99. The monoisotopic (exact) mass is 589 g/mol. The standard InChI is InChI=1S/C31H32FN5O4S/c1-19-4-10-24(11-5-19)41-29-25(3-2-14-33-29)28(38)35-21-6-8-22(9-7-21)37-30(39)26-17-20(32)18-34-27(26)36(31(37)40)23-12-15-42-16-13-23/h2-5,10-11,14,17-18,21-23H,6-9,12-13,15-16H2,1H3,(H,35,38)/t21-,22+. The van der Waals surface area contributed by atoms with Crippen LogP contribution in [0.25, 0.3) is 11.0 Å². The molecule has 0 unspecified atom stereocenters. The Balaban J connectivity index is 1.20. The Morgan fingerprint density at radius 2 is 1.69 bits per heavy atom. The van der Waals surface area contributed by atoms with Crippen LogP contribution in [-0.4, -0.2) is 42.6 Å². The van der Waals surface area contributed by atoms with Crippen LogP contribution in [0.1, 0.15) is 66.5 Å². The molecule has 2 aliphatic rings. The number of fused-ring (bicyclic) bond motifs is 1. The van der Waals surface area contributed by atoms with Crippen LogP contribution >= 0.6 is 11.8 Å². The van der Waals surface area contributed by atoms with Crippen LogP contribution in [-0.2, 0) is 0 Å². The van der Waals surface area contributed by atoms with Crippen LogP contribution in [0.2, 0.25) is 0 Å². The van der Waals surface area contributed by atoms with Gasteiger partial charge in [-0.15, -0.1) is 0 Å². The summed E-state index contributed by atoms with van der Waals surface area (Å²) in [6.07, 6.45) is 6.43. The summed E-state index contributed by atoms with van der Waals surface area (Å²) in [5.41, 5.74) is 0.779. The maximum atomic E-state index is 14.2. The molecule has 1 aromatic carbocycles. The highest BCUT2D eigenvalue weighted by molar-refractivity contribution is 7.99. The molecule has 0 radical (unpaired) electrons. The van der Waals surface area contributed by atoms with Gasteiger partial charge in [0.1, 0.15) is 22.8 Å². The highest BCUT2D eigenvalue weighted by atomic mass is 32.2. The number of aryl methyl sites for hydroxylation is 1. The molecule has 1 N–H and O–H groups in total. The lowest BCUT2D eigenvalue weighted by Crippen LogP contribution is -2.46. The second-order valence-corrected chi connectivity index (χ2v) is 12.2. The summed E-state index contributed by atoms with van der Waals surface area (Å²) in [5.74, 6) is 1.73. The van der Waals surface area contributed by atoms with Crippen LogP contribution in [0.5, 0.6) is 11.6 Å². The third-order valence-electron chi connectivity index (χ3n) is 8.13. The van der Waals surface area contributed by atoms with Crippen molar-refractivity contribution in [2.45, 2.75) is 63.6 Å². The van der Waals surface area contributed by atoms with Crippen LogP contribution in [0.3, 0.4) is 0 Å². The quantitative estimate of drug-likeness (QED) is 0.330. The Morgan fingerprint density at radius 3 is 2.43 bits per heavy atom. The molecule has 42 heavy (non-hydrogen) atoms. The van der Waals surface area contributed by atoms with Gasteiger partial charge >= 0.3 is 5.69 Å². The summed E-state index contributed by atoms with van der Waals surface area (Å²) in [6, 6.07) is 11.5. The smallest absolute Gasteiger partial charge is 0.333 e. The van der Waals surface area contributed by atoms with Crippen LogP contribution in [0, 0.1) is 12.7 Å². The van der Waals surface area contributed by atoms with Gasteiger partial charge < -0.3 is 10.1 Å². The van der Waals surface area contributed by atoms with Crippen molar-refractivity contribution < 1.29 is 13.9 Å². The summed E-state index contributed by atoms with van der Waals surface area (Å²) in [7, 11) is 0. The molecular weight excluding hydrogens is 557 g/mol. The molecule has 11 heteroatoms. The number of benzene rings is 1. The number of carbonyl (C=O) groups is 1. The van der Waals surface area contributed by atoms with E-state index in [0.717, 1.165) is 36.1 Å². The van der Waals surface area contributed by atoms with Gasteiger partial charge in [0.15, 0.2) is 0 Å². The molecule has 3 aromatic heterocycles. The minimum Gasteiger partial charge on any atom is -0.438 e. The van der Waals surface area contributed by atoms with Gasteiger partial charge in [0.05, 0.1) is 11.6 Å². The van der Waals surface area contributed by atoms with E-state index in [-0.39, 0.29) is 46.6 Å². The van der Waals surface area contributed by atoms with Gasteiger partial charge in [0.25, 0.3) is 11.5 Å². The lowest BCUT2D eigenvalue weighted by atomic mass is 9.90. The number of halogens is 1. The van der Waals surface area contributed by atoms with Crippen molar-refractivity contribution in [3.63, 3.8) is 0 Å². The normalized spacial score (nSPS) is 19.5. The minimum atomic E-state index is -0.608. The molecule has 4 heterocycles. The minimum absolute atomic E-state index is 0.0857. The number of nitrogens with zero attached hydrogens (tertiary/aromatic N) is 4. The first-order chi connectivity index (χ1) is 20.4. The number of hydrogen-bond acceptors (Lipinski definition) is 7. The fourth-order valence-corrected chi connectivity index (χ4v) is 6.99. The van der Waals surface area contributed by atoms with Gasteiger partial charge in [0.2, 0.25) is 5.88 Å². The van der Waals surface area contributed by atoms with Gasteiger partial charge in [-0.05, 0) is 87.3 Å². The lowest BCUT2D eigenvalue weighted by molar-refractivity contribution is 0.0919. The second-order valence-electron chi connectivity index (χ2n) is 10.9. The van der Waals surface area contributed by atoms with E-state index in [1.165, 1.54) is 10.6 Å². The van der Waals surface area contributed by atoms with Crippen molar-refractivity contribution in [2.24, 2.45) is 0 Å². The molecule has 0 bridgehead atoms. The molecule has 6 rings (SSSR count). The summed E-state index contributed by atoms with van der Waals surface area (Å²) < 4.78 is 23.0. The fourth-order valence-electron chi connectivity index (χ4n) is 5.90. The number of amides is 1. The Bertz CT molecular complexity index is 1720. The van der Waals surface area contributed by atoms with Gasteiger partial charge in [0, 0.05) is 24.3 Å². The summed E-state index contributed by atoms with van der Waals surface area (Å²) >= 11 is 1.84. The Kier molecular flexibility index (Phi) is 8.10. The molecule has 0 spiro atoms. The van der Waals surface area contributed by atoms with E-state index < -0.39 is 11.4 Å². The van der Waals surface area contributed by atoms with Gasteiger partial charge in [-0.3, -0.25) is 18.7 Å². The van der Waals surface area contributed by atoms with E-state index in [4.69, 9.17) is 4.74 Å². The van der Waals surface area contributed by atoms with Crippen molar-refractivity contribution in [3.05, 3.63) is 92.6 Å². The molecule has 1 saturated heterocycles. The van der Waals surface area contributed by atoms with Crippen molar-refractivity contribution in [3.8, 4) is 11.6 Å². The van der Waals surface area contributed by atoms with E-state index >= 15 is 0 Å². The van der Waals surface area contributed by atoms with E-state index in [1.807, 2.05) is 43.0 Å². The molecule has 4 aromatic rings. The number of ether oxygens (including phenoxy) is 1. The van der Waals surface area contributed by atoms with Crippen molar-refractivity contribution in [2.75, 3.05) is 11.5 Å². The molecule has 218 valence electrons. The zero-order chi connectivity index (χ0) is 29.2. The van der Waals surface area contributed by atoms with Gasteiger partial charge in [-0.2, -0.15) is 11.8 Å². The van der Waals surface area contributed by atoms with Gasteiger partial charge in [-0.1, -0.05) is 17.7 Å². The molecule has 1 aliphatic heterocycles. The Labute approximate surface area is 246 Å². The second kappa shape index (κ2) is 12.1. The SMILES string of the molecule is Cc1ccc(Oc2ncccc2C(=O)N[C@H]2CC[C@@H](n3c(=O)c4cc(F)cnc4n(C4CCSCC4)c3=O)CC2)cc1. The first-order valence-electron chi connectivity index (χ1n) is 14.3. The first-order valence-corrected chi connectivity index (χ1v) is 15.4.